The number of primary amides is 1. The second kappa shape index (κ2) is 10.4. The average molecular weight is 477 g/mol. The second-order valence-electron chi connectivity index (χ2n) is 7.17. The van der Waals surface area contributed by atoms with E-state index in [1.165, 1.54) is 20.0 Å². The van der Waals surface area contributed by atoms with E-state index in [2.05, 4.69) is 15.6 Å². The zero-order chi connectivity index (χ0) is 24.1. The van der Waals surface area contributed by atoms with Crippen LogP contribution in [0.1, 0.15) is 28.5 Å². The lowest BCUT2D eigenvalue weighted by Gasteiger charge is -2.09. The van der Waals surface area contributed by atoms with E-state index in [1.807, 2.05) is 0 Å². The highest BCUT2D eigenvalue weighted by Crippen LogP contribution is 2.39. The Labute approximate surface area is 192 Å². The molecule has 1 aromatic carbocycles. The Balaban J connectivity index is 1.91. The van der Waals surface area contributed by atoms with Crippen LogP contribution >= 0.6 is 11.3 Å². The molecule has 0 saturated heterocycles. The summed E-state index contributed by atoms with van der Waals surface area (Å²) in [5.74, 6) is -2.11. The minimum Gasteiger partial charge on any atom is -0.443 e. The van der Waals surface area contributed by atoms with Crippen LogP contribution in [0.3, 0.4) is 0 Å². The molecular weight excluding hydrogens is 454 g/mol. The summed E-state index contributed by atoms with van der Waals surface area (Å²) in [7, 11) is 1.43. The van der Waals surface area contributed by atoms with Crippen LogP contribution < -0.4 is 16.4 Å². The number of aliphatic hydroxyl groups excluding tert-OH is 1. The summed E-state index contributed by atoms with van der Waals surface area (Å²) in [6.07, 6.45) is -1.26. The molecule has 33 heavy (non-hydrogen) atoms. The number of carbonyl (C=O) groups excluding carboxylic acids is 2. The van der Waals surface area contributed by atoms with Gasteiger partial charge in [0.05, 0.1) is 22.9 Å². The van der Waals surface area contributed by atoms with Crippen LogP contribution in [-0.4, -0.2) is 35.2 Å². The summed E-state index contributed by atoms with van der Waals surface area (Å²) in [4.78, 5) is 27.7. The van der Waals surface area contributed by atoms with Crippen molar-refractivity contribution < 1.29 is 28.2 Å². The van der Waals surface area contributed by atoms with Gasteiger partial charge in [-0.05, 0) is 49.2 Å². The van der Waals surface area contributed by atoms with Gasteiger partial charge in [-0.3, -0.25) is 4.79 Å². The van der Waals surface area contributed by atoms with Gasteiger partial charge in [-0.25, -0.2) is 18.6 Å². The number of hydrogen-bond donors (Lipinski definition) is 4. The van der Waals surface area contributed by atoms with Gasteiger partial charge >= 0.3 is 6.09 Å². The number of benzene rings is 1. The Morgan fingerprint density at radius 1 is 1.24 bits per heavy atom. The molecule has 2 heterocycles. The highest BCUT2D eigenvalue weighted by molar-refractivity contribution is 7.20. The first-order valence-corrected chi connectivity index (χ1v) is 10.7. The van der Waals surface area contributed by atoms with E-state index in [0.29, 0.717) is 17.1 Å². The van der Waals surface area contributed by atoms with Crippen LogP contribution in [0.25, 0.3) is 10.4 Å². The van der Waals surface area contributed by atoms with Crippen LogP contribution in [0, 0.1) is 11.6 Å². The third kappa shape index (κ3) is 6.02. The molecule has 174 valence electrons. The van der Waals surface area contributed by atoms with Gasteiger partial charge in [-0.15, -0.1) is 11.3 Å². The van der Waals surface area contributed by atoms with Crippen molar-refractivity contribution >= 4 is 34.2 Å². The number of amides is 2. The smallest absolute Gasteiger partial charge is 0.407 e. The first kappa shape index (κ1) is 24.1. The Kier molecular flexibility index (Phi) is 7.56. The van der Waals surface area contributed by atoms with Crippen molar-refractivity contribution in [2.24, 2.45) is 5.73 Å². The maximum Gasteiger partial charge on any atom is 0.407 e. The fourth-order valence-corrected chi connectivity index (χ4v) is 4.19. The highest BCUT2D eigenvalue weighted by Gasteiger charge is 2.21. The van der Waals surface area contributed by atoms with Crippen molar-refractivity contribution in [2.75, 3.05) is 12.4 Å². The third-order valence-electron chi connectivity index (χ3n) is 4.48. The molecule has 1 unspecified atom stereocenters. The molecule has 0 aliphatic carbocycles. The van der Waals surface area contributed by atoms with Gasteiger partial charge in [0.25, 0.3) is 5.91 Å². The Hall–Kier alpha value is -3.57. The second-order valence-corrected chi connectivity index (χ2v) is 8.22. The van der Waals surface area contributed by atoms with Crippen molar-refractivity contribution in [3.63, 3.8) is 0 Å². The van der Waals surface area contributed by atoms with Crippen LogP contribution in [0.5, 0.6) is 0 Å². The van der Waals surface area contributed by atoms with E-state index in [4.69, 9.17) is 10.5 Å². The topological polar surface area (TPSA) is 127 Å². The van der Waals surface area contributed by atoms with Crippen molar-refractivity contribution in [1.29, 1.82) is 0 Å². The summed E-state index contributed by atoms with van der Waals surface area (Å²) in [5.41, 5.74) is 5.96. The SMILES string of the molecule is CNC(=O)OCc1cccc(Nc2sc(-c3c(F)cc(CC(C)O)cc3F)cc2C(N)=O)n1. The molecule has 0 saturated carbocycles. The first-order valence-electron chi connectivity index (χ1n) is 9.85. The highest BCUT2D eigenvalue weighted by atomic mass is 32.1. The van der Waals surface area contributed by atoms with Crippen molar-refractivity contribution in [3.8, 4) is 10.4 Å². The molecule has 5 N–H and O–H groups in total. The third-order valence-corrected chi connectivity index (χ3v) is 5.55. The van der Waals surface area contributed by atoms with Crippen molar-refractivity contribution in [1.82, 2.24) is 10.3 Å². The Morgan fingerprint density at radius 3 is 2.55 bits per heavy atom. The van der Waals surface area contributed by atoms with E-state index in [-0.39, 0.29) is 34.0 Å². The number of rotatable bonds is 8. The predicted molar refractivity (Wildman–Crippen MR) is 120 cm³/mol. The van der Waals surface area contributed by atoms with Gasteiger partial charge in [0.2, 0.25) is 0 Å². The summed E-state index contributed by atoms with van der Waals surface area (Å²) < 4.78 is 34.4. The molecular formula is C22H22F2N4O4S. The van der Waals surface area contributed by atoms with E-state index in [9.17, 15) is 23.5 Å². The molecule has 0 bridgehead atoms. The number of alkyl carbamates (subject to hydrolysis) is 1. The molecule has 3 rings (SSSR count). The quantitative estimate of drug-likeness (QED) is 0.393. The van der Waals surface area contributed by atoms with Gasteiger partial charge in [0.1, 0.15) is 29.1 Å². The molecule has 0 radical (unpaired) electrons. The summed E-state index contributed by atoms with van der Waals surface area (Å²) in [5, 5.41) is 15.0. The lowest BCUT2D eigenvalue weighted by atomic mass is 10.0. The number of ether oxygens (including phenoxy) is 1. The van der Waals surface area contributed by atoms with Crippen LogP contribution in [0.2, 0.25) is 0 Å². The maximum absolute atomic E-state index is 14.7. The first-order chi connectivity index (χ1) is 15.7. The number of nitrogens with two attached hydrogens (primary N) is 1. The molecule has 3 aromatic rings. The summed E-state index contributed by atoms with van der Waals surface area (Å²) in [6.45, 7) is 1.44. The van der Waals surface area contributed by atoms with E-state index < -0.39 is 29.7 Å². The Bertz CT molecular complexity index is 1160. The van der Waals surface area contributed by atoms with Gasteiger partial charge in [0, 0.05) is 11.9 Å². The van der Waals surface area contributed by atoms with E-state index in [1.54, 1.807) is 18.2 Å². The number of aliphatic hydroxyl groups is 1. The number of nitrogens with zero attached hydrogens (tertiary/aromatic N) is 1. The molecule has 2 amide bonds. The fourth-order valence-electron chi connectivity index (χ4n) is 3.07. The van der Waals surface area contributed by atoms with Gasteiger partial charge in [-0.1, -0.05) is 6.07 Å². The molecule has 11 heteroatoms. The molecule has 2 aromatic heterocycles. The molecule has 8 nitrogen and oxygen atoms in total. The standard InChI is InChI=1S/C22H22F2N4O4S/c1-11(29)6-12-7-15(23)19(16(24)8-12)17-9-14(20(25)30)21(33-17)28-18-5-3-4-13(27-18)10-32-22(31)26-2/h3-5,7-9,11,29H,6,10H2,1-2H3,(H2,25,30)(H,26,31)(H,27,28). The zero-order valence-corrected chi connectivity index (χ0v) is 18.6. The van der Waals surface area contributed by atoms with E-state index >= 15 is 0 Å². The monoisotopic (exact) mass is 476 g/mol. The lowest BCUT2D eigenvalue weighted by molar-refractivity contribution is 0.100. The van der Waals surface area contributed by atoms with Gasteiger partial charge in [-0.2, -0.15) is 0 Å². The number of anilines is 2. The normalized spacial score (nSPS) is 11.7. The minimum atomic E-state index is -0.819. The van der Waals surface area contributed by atoms with Crippen molar-refractivity contribution in [3.05, 3.63) is 64.9 Å². The predicted octanol–water partition coefficient (Wildman–Crippen LogP) is 3.71. The van der Waals surface area contributed by atoms with Crippen LogP contribution in [-0.2, 0) is 17.8 Å². The largest absolute Gasteiger partial charge is 0.443 e. The minimum absolute atomic E-state index is 0.0377. The number of thiophene rings is 1. The number of halogens is 2. The molecule has 1 atom stereocenters. The summed E-state index contributed by atoms with van der Waals surface area (Å²) in [6, 6.07) is 8.53. The van der Waals surface area contributed by atoms with Crippen molar-refractivity contribution in [2.45, 2.75) is 26.1 Å². The zero-order valence-electron chi connectivity index (χ0n) is 17.8. The fraction of sp³-hybridized carbons (Fsp3) is 0.227. The Morgan fingerprint density at radius 2 is 1.94 bits per heavy atom. The van der Waals surface area contributed by atoms with Gasteiger partial charge < -0.3 is 26.2 Å². The van der Waals surface area contributed by atoms with Crippen LogP contribution in [0.4, 0.5) is 24.4 Å². The molecule has 0 spiro atoms. The average Bonchev–Trinajstić information content (AvgIpc) is 3.14. The number of carbonyl (C=O) groups is 2. The summed E-state index contributed by atoms with van der Waals surface area (Å²) >= 11 is 0.935. The number of aromatic nitrogens is 1. The van der Waals surface area contributed by atoms with Crippen LogP contribution in [0.15, 0.2) is 36.4 Å². The number of hydrogen-bond acceptors (Lipinski definition) is 7. The number of nitrogens with one attached hydrogen (secondary N) is 2. The maximum atomic E-state index is 14.7. The van der Waals surface area contributed by atoms with Gasteiger partial charge in [0.15, 0.2) is 0 Å². The number of pyridine rings is 1. The molecule has 0 aliphatic heterocycles. The molecule has 0 aliphatic rings. The molecule has 0 fully saturated rings. The lowest BCUT2D eigenvalue weighted by Crippen LogP contribution is -2.19. The van der Waals surface area contributed by atoms with E-state index in [0.717, 1.165) is 23.5 Å².